The highest BCUT2D eigenvalue weighted by molar-refractivity contribution is 7.15. The molecule has 3 N–H and O–H groups in total. The monoisotopic (exact) mass is 235 g/mol. The molecule has 0 aliphatic rings. The third-order valence-corrected chi connectivity index (χ3v) is 2.61. The number of nitrogen functional groups attached to an aromatic ring is 1. The van der Waals surface area contributed by atoms with Gasteiger partial charge in [-0.05, 0) is 6.92 Å². The fourth-order valence-electron chi connectivity index (χ4n) is 1.09. The van der Waals surface area contributed by atoms with Gasteiger partial charge >= 0.3 is 0 Å². The zero-order chi connectivity index (χ0) is 11.5. The number of hydrogen-bond acceptors (Lipinski definition) is 6. The summed E-state index contributed by atoms with van der Waals surface area (Å²) in [6, 6.07) is 0. The van der Waals surface area contributed by atoms with Gasteiger partial charge in [0, 0.05) is 23.5 Å². The normalized spacial score (nSPS) is 10.1. The number of thiazole rings is 1. The molecule has 0 aromatic carbocycles. The molecule has 6 nitrogen and oxygen atoms in total. The van der Waals surface area contributed by atoms with E-state index in [0.29, 0.717) is 5.13 Å². The Labute approximate surface area is 95.6 Å². The lowest BCUT2D eigenvalue weighted by molar-refractivity contribution is 0.102. The van der Waals surface area contributed by atoms with Crippen molar-refractivity contribution < 1.29 is 4.79 Å². The van der Waals surface area contributed by atoms with Gasteiger partial charge in [0.2, 0.25) is 0 Å². The van der Waals surface area contributed by atoms with E-state index in [1.165, 1.54) is 23.7 Å². The molecule has 0 aliphatic carbocycles. The van der Waals surface area contributed by atoms with Crippen LogP contribution in [0.3, 0.4) is 0 Å². The number of rotatable bonds is 2. The van der Waals surface area contributed by atoms with Gasteiger partial charge in [0.15, 0.2) is 16.6 Å². The van der Waals surface area contributed by atoms with Gasteiger partial charge in [-0.3, -0.25) is 10.1 Å². The van der Waals surface area contributed by atoms with Crippen molar-refractivity contribution in [3.63, 3.8) is 0 Å². The molecule has 2 aromatic heterocycles. The second-order valence-electron chi connectivity index (χ2n) is 3.02. The first-order valence-electron chi connectivity index (χ1n) is 4.47. The summed E-state index contributed by atoms with van der Waals surface area (Å²) in [7, 11) is 0. The lowest BCUT2D eigenvalue weighted by Crippen LogP contribution is -2.16. The van der Waals surface area contributed by atoms with Crippen molar-refractivity contribution in [3.8, 4) is 0 Å². The highest BCUT2D eigenvalue weighted by atomic mass is 32.1. The van der Waals surface area contributed by atoms with Crippen LogP contribution >= 0.6 is 11.3 Å². The maximum atomic E-state index is 11.7. The predicted molar refractivity (Wildman–Crippen MR) is 61.2 cm³/mol. The van der Waals surface area contributed by atoms with Crippen molar-refractivity contribution in [3.05, 3.63) is 29.2 Å². The number of anilines is 2. The topological polar surface area (TPSA) is 93.8 Å². The predicted octanol–water partition coefficient (Wildman–Crippen LogP) is 1.08. The van der Waals surface area contributed by atoms with Crippen LogP contribution in [0.25, 0.3) is 0 Å². The molecule has 1 amide bonds. The van der Waals surface area contributed by atoms with E-state index >= 15 is 0 Å². The van der Waals surface area contributed by atoms with Crippen molar-refractivity contribution in [1.82, 2.24) is 15.0 Å². The van der Waals surface area contributed by atoms with Gasteiger partial charge in [0.1, 0.15) is 0 Å². The molecular formula is C9H9N5OS. The molecule has 82 valence electrons. The zero-order valence-electron chi connectivity index (χ0n) is 8.47. The fourth-order valence-corrected chi connectivity index (χ4v) is 1.75. The van der Waals surface area contributed by atoms with Crippen LogP contribution in [-0.2, 0) is 0 Å². The summed E-state index contributed by atoms with van der Waals surface area (Å²) in [5.74, 6) is -0.298. The maximum absolute atomic E-state index is 11.7. The van der Waals surface area contributed by atoms with Crippen LogP contribution in [0.1, 0.15) is 15.4 Å². The minimum absolute atomic E-state index is 0.105. The van der Waals surface area contributed by atoms with Crippen LogP contribution < -0.4 is 11.1 Å². The van der Waals surface area contributed by atoms with Crippen LogP contribution in [-0.4, -0.2) is 20.9 Å². The van der Waals surface area contributed by atoms with E-state index < -0.39 is 5.91 Å². The Morgan fingerprint density at radius 2 is 2.12 bits per heavy atom. The lowest BCUT2D eigenvalue weighted by atomic mass is 10.4. The van der Waals surface area contributed by atoms with E-state index in [-0.39, 0.29) is 11.5 Å². The summed E-state index contributed by atoms with van der Waals surface area (Å²) >= 11 is 1.38. The van der Waals surface area contributed by atoms with Crippen LogP contribution in [0.15, 0.2) is 18.6 Å². The highest BCUT2D eigenvalue weighted by Gasteiger charge is 2.13. The summed E-state index contributed by atoms with van der Waals surface area (Å²) in [4.78, 5) is 24.4. The Morgan fingerprint density at radius 3 is 2.75 bits per heavy atom. The second-order valence-corrected chi connectivity index (χ2v) is 4.26. The quantitative estimate of drug-likeness (QED) is 0.812. The number of aromatic nitrogens is 3. The first-order chi connectivity index (χ1) is 7.66. The molecule has 7 heteroatoms. The van der Waals surface area contributed by atoms with E-state index in [9.17, 15) is 4.79 Å². The molecule has 0 unspecified atom stereocenters. The first kappa shape index (κ1) is 10.5. The summed E-state index contributed by atoms with van der Waals surface area (Å²) in [6.07, 6.45) is 4.53. The SMILES string of the molecule is Cc1cnc(NC(=O)c2nccnc2N)s1. The molecule has 0 spiro atoms. The van der Waals surface area contributed by atoms with E-state index in [1.807, 2.05) is 6.92 Å². The smallest absolute Gasteiger partial charge is 0.279 e. The molecule has 0 atom stereocenters. The number of hydrogen-bond donors (Lipinski definition) is 2. The molecule has 2 aromatic rings. The molecule has 16 heavy (non-hydrogen) atoms. The van der Waals surface area contributed by atoms with Crippen LogP contribution in [0.5, 0.6) is 0 Å². The number of nitrogens with one attached hydrogen (secondary N) is 1. The van der Waals surface area contributed by atoms with Crippen LogP contribution in [0.4, 0.5) is 10.9 Å². The van der Waals surface area contributed by atoms with E-state index in [0.717, 1.165) is 4.88 Å². The average molecular weight is 235 g/mol. The van der Waals surface area contributed by atoms with Gasteiger partial charge in [-0.25, -0.2) is 15.0 Å². The number of carbonyl (C=O) groups excluding carboxylic acids is 1. The van der Waals surface area contributed by atoms with Crippen LogP contribution in [0, 0.1) is 6.92 Å². The minimum Gasteiger partial charge on any atom is -0.382 e. The van der Waals surface area contributed by atoms with Crippen molar-refractivity contribution in [2.75, 3.05) is 11.1 Å². The number of aryl methyl sites for hydroxylation is 1. The highest BCUT2D eigenvalue weighted by Crippen LogP contribution is 2.17. The standard InChI is InChI=1S/C9H9N5OS/c1-5-4-13-9(16-5)14-8(15)6-7(10)12-3-2-11-6/h2-4H,1H3,(H2,10,12)(H,13,14,15). The Bertz CT molecular complexity index is 524. The van der Waals surface area contributed by atoms with Crippen molar-refractivity contribution in [2.45, 2.75) is 6.92 Å². The van der Waals surface area contributed by atoms with Crippen molar-refractivity contribution >= 4 is 28.2 Å². The van der Waals surface area contributed by atoms with Crippen molar-refractivity contribution in [1.29, 1.82) is 0 Å². The molecule has 2 rings (SSSR count). The van der Waals surface area contributed by atoms with Gasteiger partial charge in [-0.2, -0.15) is 0 Å². The van der Waals surface area contributed by atoms with Gasteiger partial charge in [0.25, 0.3) is 5.91 Å². The fraction of sp³-hybridized carbons (Fsp3) is 0.111. The minimum atomic E-state index is -0.403. The van der Waals surface area contributed by atoms with Gasteiger partial charge in [0.05, 0.1) is 0 Å². The summed E-state index contributed by atoms with van der Waals surface area (Å²) in [6.45, 7) is 1.91. The van der Waals surface area contributed by atoms with Gasteiger partial charge in [-0.1, -0.05) is 0 Å². The third kappa shape index (κ3) is 2.14. The number of carbonyl (C=O) groups is 1. The lowest BCUT2D eigenvalue weighted by Gasteiger charge is -2.02. The van der Waals surface area contributed by atoms with E-state index in [1.54, 1.807) is 6.20 Å². The Hall–Kier alpha value is -2.02. The number of nitrogens with zero attached hydrogens (tertiary/aromatic N) is 3. The molecule has 0 fully saturated rings. The molecule has 0 saturated carbocycles. The number of amides is 1. The van der Waals surface area contributed by atoms with Crippen LogP contribution in [0.2, 0.25) is 0 Å². The van der Waals surface area contributed by atoms with Gasteiger partial charge in [-0.15, -0.1) is 11.3 Å². The van der Waals surface area contributed by atoms with Gasteiger partial charge < -0.3 is 5.73 Å². The maximum Gasteiger partial charge on any atom is 0.279 e. The molecule has 0 saturated heterocycles. The third-order valence-electron chi connectivity index (χ3n) is 1.78. The Morgan fingerprint density at radius 1 is 1.38 bits per heavy atom. The Balaban J connectivity index is 2.18. The summed E-state index contributed by atoms with van der Waals surface area (Å²) in [5, 5.41) is 3.13. The molecule has 0 radical (unpaired) electrons. The molecular weight excluding hydrogens is 226 g/mol. The average Bonchev–Trinajstić information content (AvgIpc) is 2.64. The summed E-state index contributed by atoms with van der Waals surface area (Å²) < 4.78 is 0. The zero-order valence-corrected chi connectivity index (χ0v) is 9.28. The second kappa shape index (κ2) is 4.23. The van der Waals surface area contributed by atoms with E-state index in [2.05, 4.69) is 20.3 Å². The summed E-state index contributed by atoms with van der Waals surface area (Å²) in [5.41, 5.74) is 5.64. The molecule has 0 aliphatic heterocycles. The molecule has 2 heterocycles. The van der Waals surface area contributed by atoms with E-state index in [4.69, 9.17) is 5.73 Å². The molecule has 0 bridgehead atoms. The van der Waals surface area contributed by atoms with Crippen molar-refractivity contribution in [2.24, 2.45) is 0 Å². The largest absolute Gasteiger partial charge is 0.382 e. The number of nitrogens with two attached hydrogens (primary N) is 1. The first-order valence-corrected chi connectivity index (χ1v) is 5.28. The Kier molecular flexibility index (Phi) is 2.78.